The molecule has 1 N–H and O–H groups in total. The summed E-state index contributed by atoms with van der Waals surface area (Å²) < 4.78 is 13.0. The molecular formula is C27H30N6O3. The van der Waals surface area contributed by atoms with Crippen molar-refractivity contribution in [3.8, 4) is 17.2 Å². The van der Waals surface area contributed by atoms with Crippen molar-refractivity contribution >= 4 is 22.9 Å². The van der Waals surface area contributed by atoms with E-state index in [1.807, 2.05) is 72.5 Å². The topological polar surface area (TPSA) is 84.8 Å². The fraction of sp³-hybridized carbons (Fsp3) is 0.296. The Hall–Kier alpha value is -4.11. The first kappa shape index (κ1) is 23.6. The van der Waals surface area contributed by atoms with Crippen LogP contribution in [0.4, 0.5) is 10.5 Å². The zero-order chi connectivity index (χ0) is 24.9. The Kier molecular flexibility index (Phi) is 6.99. The van der Waals surface area contributed by atoms with Gasteiger partial charge in [0.15, 0.2) is 5.65 Å². The molecule has 0 radical (unpaired) electrons. The monoisotopic (exact) mass is 486 g/mol. The number of nitrogens with one attached hydrogen (secondary N) is 1. The number of amides is 2. The number of nitrogens with zero attached hydrogens (tertiary/aromatic N) is 5. The Bertz CT molecular complexity index is 1330. The number of hydrogen-bond donors (Lipinski definition) is 1. The van der Waals surface area contributed by atoms with E-state index in [4.69, 9.17) is 14.5 Å². The van der Waals surface area contributed by atoms with Gasteiger partial charge >= 0.3 is 6.03 Å². The minimum Gasteiger partial charge on any atom is -0.497 e. The zero-order valence-corrected chi connectivity index (χ0v) is 20.6. The van der Waals surface area contributed by atoms with Crippen molar-refractivity contribution in [2.45, 2.75) is 13.5 Å². The number of ether oxygens (including phenoxy) is 2. The largest absolute Gasteiger partial charge is 0.497 e. The number of benzene rings is 2. The highest BCUT2D eigenvalue weighted by Gasteiger charge is 2.23. The highest BCUT2D eigenvalue weighted by molar-refractivity contribution is 5.89. The van der Waals surface area contributed by atoms with Gasteiger partial charge in [0, 0.05) is 49.8 Å². The second-order valence-corrected chi connectivity index (χ2v) is 8.56. The summed E-state index contributed by atoms with van der Waals surface area (Å²) in [6.07, 6.45) is 1.79. The van der Waals surface area contributed by atoms with E-state index in [0.717, 1.165) is 47.2 Å². The van der Waals surface area contributed by atoms with E-state index in [9.17, 15) is 4.79 Å². The molecule has 5 rings (SSSR count). The number of piperazine rings is 1. The minimum atomic E-state index is -0.103. The summed E-state index contributed by atoms with van der Waals surface area (Å²) in [4.78, 5) is 26.4. The lowest BCUT2D eigenvalue weighted by molar-refractivity contribution is 0.140. The number of urea groups is 1. The van der Waals surface area contributed by atoms with Crippen LogP contribution in [0.3, 0.4) is 0 Å². The molecule has 2 amide bonds. The summed E-state index contributed by atoms with van der Waals surface area (Å²) in [5.41, 5.74) is 3.40. The maximum Gasteiger partial charge on any atom is 0.321 e. The smallest absolute Gasteiger partial charge is 0.321 e. The molecular weight excluding hydrogens is 456 g/mol. The molecule has 0 unspecified atom stereocenters. The summed E-state index contributed by atoms with van der Waals surface area (Å²) in [6, 6.07) is 19.2. The lowest BCUT2D eigenvalue weighted by Gasteiger charge is -2.34. The van der Waals surface area contributed by atoms with Gasteiger partial charge in [-0.2, -0.15) is 0 Å². The molecule has 0 bridgehead atoms. The van der Waals surface area contributed by atoms with Crippen molar-refractivity contribution < 1.29 is 14.3 Å². The SMILES string of the molecule is CCOc1ccc(-n2c(CN3CCN(C(=O)Nc4cccc(OC)c4)CC3)nc3cccnc32)cc1. The fourth-order valence-corrected chi connectivity index (χ4v) is 4.41. The van der Waals surface area contributed by atoms with Crippen LogP contribution in [-0.4, -0.2) is 70.3 Å². The van der Waals surface area contributed by atoms with Crippen molar-refractivity contribution in [1.82, 2.24) is 24.3 Å². The average molecular weight is 487 g/mol. The average Bonchev–Trinajstić information content (AvgIpc) is 3.27. The summed E-state index contributed by atoms with van der Waals surface area (Å²) in [7, 11) is 1.61. The highest BCUT2D eigenvalue weighted by Crippen LogP contribution is 2.24. The molecule has 3 heterocycles. The molecule has 186 valence electrons. The number of aromatic nitrogens is 3. The molecule has 2 aromatic heterocycles. The van der Waals surface area contributed by atoms with Crippen LogP contribution in [0.2, 0.25) is 0 Å². The Morgan fingerprint density at radius 2 is 1.81 bits per heavy atom. The van der Waals surface area contributed by atoms with Crippen LogP contribution in [0, 0.1) is 0 Å². The number of anilines is 1. The van der Waals surface area contributed by atoms with E-state index >= 15 is 0 Å². The van der Waals surface area contributed by atoms with E-state index in [2.05, 4.69) is 19.8 Å². The van der Waals surface area contributed by atoms with Crippen LogP contribution in [0.5, 0.6) is 11.5 Å². The van der Waals surface area contributed by atoms with Crippen molar-refractivity contribution in [2.75, 3.05) is 45.2 Å². The van der Waals surface area contributed by atoms with E-state index in [0.29, 0.717) is 32.0 Å². The highest BCUT2D eigenvalue weighted by atomic mass is 16.5. The van der Waals surface area contributed by atoms with Gasteiger partial charge in [-0.05, 0) is 55.5 Å². The summed E-state index contributed by atoms with van der Waals surface area (Å²) in [5.74, 6) is 2.47. The van der Waals surface area contributed by atoms with Crippen LogP contribution < -0.4 is 14.8 Å². The van der Waals surface area contributed by atoms with Gasteiger partial charge in [0.2, 0.25) is 0 Å². The molecule has 0 atom stereocenters. The van der Waals surface area contributed by atoms with Crippen molar-refractivity contribution in [3.05, 3.63) is 72.7 Å². The van der Waals surface area contributed by atoms with Crippen molar-refractivity contribution in [3.63, 3.8) is 0 Å². The third-order valence-electron chi connectivity index (χ3n) is 6.24. The van der Waals surface area contributed by atoms with Crippen LogP contribution in [0.1, 0.15) is 12.7 Å². The third-order valence-corrected chi connectivity index (χ3v) is 6.24. The normalized spacial score (nSPS) is 14.1. The number of methoxy groups -OCH3 is 1. The summed E-state index contributed by atoms with van der Waals surface area (Å²) in [6.45, 7) is 6.05. The standard InChI is InChI=1S/C27H30N6O3/c1-3-36-22-11-9-21(10-12-22)33-25(30-24-8-5-13-28-26(24)33)19-31-14-16-32(17-15-31)27(34)29-20-6-4-7-23(18-20)35-2/h4-13,18H,3,14-17,19H2,1-2H3,(H,29,34). The van der Waals surface area contributed by atoms with E-state index in [1.54, 1.807) is 13.3 Å². The number of carbonyl (C=O) groups excluding carboxylic acids is 1. The Balaban J connectivity index is 1.27. The van der Waals surface area contributed by atoms with Crippen LogP contribution in [0.15, 0.2) is 66.9 Å². The van der Waals surface area contributed by atoms with Gasteiger partial charge in [0.25, 0.3) is 0 Å². The predicted molar refractivity (Wildman–Crippen MR) is 139 cm³/mol. The molecule has 2 aromatic carbocycles. The third kappa shape index (κ3) is 5.11. The number of imidazole rings is 1. The number of carbonyl (C=O) groups is 1. The van der Waals surface area contributed by atoms with Crippen molar-refractivity contribution in [1.29, 1.82) is 0 Å². The second-order valence-electron chi connectivity index (χ2n) is 8.56. The molecule has 1 fully saturated rings. The lowest BCUT2D eigenvalue weighted by atomic mass is 10.2. The Morgan fingerprint density at radius 1 is 1.00 bits per heavy atom. The van der Waals surface area contributed by atoms with E-state index in [1.165, 1.54) is 0 Å². The number of fused-ring (bicyclic) bond motifs is 1. The van der Waals surface area contributed by atoms with Crippen molar-refractivity contribution in [2.24, 2.45) is 0 Å². The minimum absolute atomic E-state index is 0.103. The zero-order valence-electron chi connectivity index (χ0n) is 20.6. The molecule has 9 heteroatoms. The van der Waals surface area contributed by atoms with E-state index in [-0.39, 0.29) is 6.03 Å². The Morgan fingerprint density at radius 3 is 2.56 bits per heavy atom. The Labute approximate surface area is 210 Å². The van der Waals surface area contributed by atoms with Crippen LogP contribution in [-0.2, 0) is 6.54 Å². The van der Waals surface area contributed by atoms with E-state index < -0.39 is 0 Å². The molecule has 1 saturated heterocycles. The lowest BCUT2D eigenvalue weighted by Crippen LogP contribution is -2.49. The molecule has 0 saturated carbocycles. The van der Waals surface area contributed by atoms with Gasteiger partial charge in [-0.15, -0.1) is 0 Å². The van der Waals surface area contributed by atoms with Gasteiger partial charge in [-0.25, -0.2) is 14.8 Å². The molecule has 1 aliphatic rings. The molecule has 1 aliphatic heterocycles. The van der Waals surface area contributed by atoms with Crippen LogP contribution >= 0.6 is 0 Å². The molecule has 4 aromatic rings. The first-order valence-electron chi connectivity index (χ1n) is 12.1. The second kappa shape index (κ2) is 10.7. The van der Waals surface area contributed by atoms with Gasteiger partial charge in [-0.3, -0.25) is 9.47 Å². The molecule has 9 nitrogen and oxygen atoms in total. The first-order chi connectivity index (χ1) is 17.6. The predicted octanol–water partition coefficient (Wildman–Crippen LogP) is 4.18. The molecule has 0 spiro atoms. The van der Waals surface area contributed by atoms with Gasteiger partial charge in [0.1, 0.15) is 22.8 Å². The van der Waals surface area contributed by atoms with Crippen LogP contribution in [0.25, 0.3) is 16.9 Å². The summed E-state index contributed by atoms with van der Waals surface area (Å²) >= 11 is 0. The molecule has 0 aliphatic carbocycles. The number of rotatable bonds is 7. The van der Waals surface area contributed by atoms with Gasteiger partial charge in [-0.1, -0.05) is 6.07 Å². The first-order valence-corrected chi connectivity index (χ1v) is 12.1. The van der Waals surface area contributed by atoms with Gasteiger partial charge < -0.3 is 19.7 Å². The maximum atomic E-state index is 12.8. The molecule has 36 heavy (non-hydrogen) atoms. The quantitative estimate of drug-likeness (QED) is 0.422. The van der Waals surface area contributed by atoms with Gasteiger partial charge in [0.05, 0.1) is 20.3 Å². The number of hydrogen-bond acceptors (Lipinski definition) is 6. The number of pyridine rings is 1. The fourth-order valence-electron chi connectivity index (χ4n) is 4.41. The summed E-state index contributed by atoms with van der Waals surface area (Å²) in [5, 5.41) is 2.97. The maximum absolute atomic E-state index is 12.8.